The van der Waals surface area contributed by atoms with Crippen molar-refractivity contribution in [3.8, 4) is 0 Å². The topological polar surface area (TPSA) is 26.3 Å². The van der Waals surface area contributed by atoms with E-state index in [1.807, 2.05) is 19.1 Å². The highest BCUT2D eigenvalue weighted by molar-refractivity contribution is 5.89. The maximum absolute atomic E-state index is 11.3. The Morgan fingerprint density at radius 3 is 2.33 bits per heavy atom. The molecule has 1 rings (SSSR count). The van der Waals surface area contributed by atoms with Crippen LogP contribution in [0, 0.1) is 0 Å². The molecule has 15 heavy (non-hydrogen) atoms. The van der Waals surface area contributed by atoms with Crippen LogP contribution in [-0.2, 0) is 4.74 Å². The lowest BCUT2D eigenvalue weighted by atomic mass is 10.1. The van der Waals surface area contributed by atoms with Crippen molar-refractivity contribution < 1.29 is 9.53 Å². The van der Waals surface area contributed by atoms with E-state index in [9.17, 15) is 4.79 Å². The second-order valence-corrected chi connectivity index (χ2v) is 3.10. The molecule has 2 nitrogen and oxygen atoms in total. The first-order valence-corrected chi connectivity index (χ1v) is 4.83. The number of benzene rings is 1. The molecule has 0 aliphatic carbocycles. The van der Waals surface area contributed by atoms with Crippen molar-refractivity contribution in [3.05, 3.63) is 47.7 Å². The van der Waals surface area contributed by atoms with Crippen molar-refractivity contribution in [1.29, 1.82) is 0 Å². The minimum atomic E-state index is -0.288. The van der Waals surface area contributed by atoms with E-state index in [1.54, 1.807) is 19.1 Å². The van der Waals surface area contributed by atoms with Gasteiger partial charge in [-0.05, 0) is 37.1 Å². The van der Waals surface area contributed by atoms with Crippen LogP contribution in [0.4, 0.5) is 0 Å². The molecule has 1 aromatic rings. The molecule has 0 aliphatic rings. The fourth-order valence-corrected chi connectivity index (χ4v) is 1.17. The third-order valence-electron chi connectivity index (χ3n) is 2.09. The van der Waals surface area contributed by atoms with Crippen LogP contribution >= 0.6 is 0 Å². The molecule has 0 saturated heterocycles. The normalized spacial score (nSPS) is 9.20. The minimum Gasteiger partial charge on any atom is -0.462 e. The Morgan fingerprint density at radius 2 is 1.87 bits per heavy atom. The first-order valence-electron chi connectivity index (χ1n) is 4.83. The number of rotatable bonds is 3. The van der Waals surface area contributed by atoms with Crippen molar-refractivity contribution >= 4 is 11.5 Å². The molecule has 0 amide bonds. The zero-order valence-electron chi connectivity index (χ0n) is 9.04. The predicted molar refractivity (Wildman–Crippen MR) is 60.6 cm³/mol. The Bertz CT molecular complexity index is 395. The molecule has 0 atom stereocenters. The summed E-state index contributed by atoms with van der Waals surface area (Å²) in [5, 5.41) is 0. The molecular weight excluding hydrogens is 188 g/mol. The molecule has 0 heterocycles. The Balaban J connectivity index is 2.90. The number of hydrogen-bond acceptors (Lipinski definition) is 2. The van der Waals surface area contributed by atoms with Crippen LogP contribution in [0.2, 0.25) is 0 Å². The average Bonchev–Trinajstić information content (AvgIpc) is 2.28. The average molecular weight is 202 g/mol. The largest absolute Gasteiger partial charge is 0.462 e. The number of allylic oxidation sites excluding steroid dienone is 1. The Hall–Kier alpha value is -1.79. The fourth-order valence-electron chi connectivity index (χ4n) is 1.17. The van der Waals surface area contributed by atoms with E-state index in [4.69, 9.17) is 4.74 Å². The monoisotopic (exact) mass is 202 g/mol. The van der Waals surface area contributed by atoms with Gasteiger partial charge in [0.25, 0.3) is 0 Å². The number of ether oxygens (including phenoxy) is 1. The summed E-state index contributed by atoms with van der Waals surface area (Å²) in [7, 11) is 0. The van der Waals surface area contributed by atoms with Gasteiger partial charge in [0.1, 0.15) is 0 Å². The molecule has 0 radical (unpaired) electrons. The first kappa shape index (κ1) is 11.3. The van der Waals surface area contributed by atoms with Crippen molar-refractivity contribution in [1.82, 2.24) is 0 Å². The van der Waals surface area contributed by atoms with Gasteiger partial charge in [0.05, 0.1) is 12.2 Å². The zero-order chi connectivity index (χ0) is 11.3. The smallest absolute Gasteiger partial charge is 0.338 e. The van der Waals surface area contributed by atoms with Crippen LogP contribution in [0.1, 0.15) is 29.8 Å². The molecule has 0 bridgehead atoms. The number of carbonyl (C=O) groups is 1. The number of carbonyl (C=O) groups excluding carboxylic acids is 1. The van der Waals surface area contributed by atoms with E-state index in [1.165, 1.54) is 0 Å². The molecule has 0 aromatic heterocycles. The van der Waals surface area contributed by atoms with Crippen LogP contribution in [0.5, 0.6) is 0 Å². The van der Waals surface area contributed by atoms with Gasteiger partial charge in [-0.2, -0.15) is 0 Å². The zero-order valence-corrected chi connectivity index (χ0v) is 9.04. The molecule has 0 aliphatic heterocycles. The maximum Gasteiger partial charge on any atom is 0.338 e. The Labute approximate surface area is 89.9 Å². The lowest BCUT2D eigenvalue weighted by Crippen LogP contribution is -2.04. The highest BCUT2D eigenvalue weighted by Gasteiger charge is 2.05. The third kappa shape index (κ3) is 2.83. The second kappa shape index (κ2) is 5.18. The number of hydrogen-bond donors (Lipinski definition) is 0. The molecule has 1 aromatic carbocycles. The van der Waals surface area contributed by atoms with E-state index in [0.29, 0.717) is 12.2 Å². The molecule has 0 fully saturated rings. The fraction of sp³-hybridized carbons (Fsp3) is 0.231. The van der Waals surface area contributed by atoms with Crippen molar-refractivity contribution in [2.24, 2.45) is 0 Å². The lowest BCUT2D eigenvalue weighted by Gasteiger charge is -2.03. The predicted octanol–water partition coefficient (Wildman–Crippen LogP) is 3.05. The Morgan fingerprint density at radius 1 is 1.33 bits per heavy atom. The van der Waals surface area contributed by atoms with Gasteiger partial charge in [-0.25, -0.2) is 4.79 Å². The van der Waals surface area contributed by atoms with E-state index < -0.39 is 0 Å². The quantitative estimate of drug-likeness (QED) is 0.556. The van der Waals surface area contributed by atoms with Crippen molar-refractivity contribution in [2.75, 3.05) is 6.61 Å². The highest BCUT2D eigenvalue weighted by atomic mass is 16.5. The molecule has 0 unspecified atom stereocenters. The van der Waals surface area contributed by atoms with Crippen LogP contribution in [0.3, 0.4) is 0 Å². The molecule has 78 valence electrons. The molecule has 0 N–H and O–H groups in total. The van der Waals surface area contributed by atoms with Crippen LogP contribution in [-0.4, -0.2) is 12.6 Å². The minimum absolute atomic E-state index is 0.288. The first-order chi connectivity index (χ1) is 7.19. The summed E-state index contributed by atoms with van der Waals surface area (Å²) in [4.78, 5) is 11.3. The summed E-state index contributed by atoms with van der Waals surface area (Å²) in [6, 6.07) is 7.21. The summed E-state index contributed by atoms with van der Waals surface area (Å²) in [6.07, 6.45) is 0. The molecule has 2 heteroatoms. The molecule has 0 saturated carbocycles. The van der Waals surface area contributed by atoms with Gasteiger partial charge in [-0.15, -0.1) is 5.73 Å². The van der Waals surface area contributed by atoms with Crippen LogP contribution < -0.4 is 0 Å². The number of esters is 1. The summed E-state index contributed by atoms with van der Waals surface area (Å²) in [5.74, 6) is -0.288. The van der Waals surface area contributed by atoms with E-state index >= 15 is 0 Å². The maximum atomic E-state index is 11.3. The van der Waals surface area contributed by atoms with Gasteiger partial charge >= 0.3 is 5.97 Å². The van der Waals surface area contributed by atoms with Crippen LogP contribution in [0.25, 0.3) is 5.57 Å². The molecule has 0 spiro atoms. The van der Waals surface area contributed by atoms with E-state index in [0.717, 1.165) is 11.1 Å². The summed E-state index contributed by atoms with van der Waals surface area (Å²) in [5.41, 5.74) is 5.35. The van der Waals surface area contributed by atoms with Crippen molar-refractivity contribution in [3.63, 3.8) is 0 Å². The van der Waals surface area contributed by atoms with Crippen LogP contribution in [0.15, 0.2) is 36.6 Å². The summed E-state index contributed by atoms with van der Waals surface area (Å²) >= 11 is 0. The highest BCUT2D eigenvalue weighted by Crippen LogP contribution is 2.13. The SMILES string of the molecule is C=C=C(C)c1ccc(C(=O)OCC)cc1. The third-order valence-corrected chi connectivity index (χ3v) is 2.09. The second-order valence-electron chi connectivity index (χ2n) is 3.10. The van der Waals surface area contributed by atoms with E-state index in [-0.39, 0.29) is 5.97 Å². The summed E-state index contributed by atoms with van der Waals surface area (Å²) < 4.78 is 4.88. The summed E-state index contributed by atoms with van der Waals surface area (Å²) in [6.45, 7) is 7.68. The van der Waals surface area contributed by atoms with Crippen molar-refractivity contribution in [2.45, 2.75) is 13.8 Å². The molecular formula is C13H14O2. The van der Waals surface area contributed by atoms with Gasteiger partial charge in [0, 0.05) is 0 Å². The van der Waals surface area contributed by atoms with E-state index in [2.05, 4.69) is 12.3 Å². The van der Waals surface area contributed by atoms with Gasteiger partial charge in [0.15, 0.2) is 0 Å². The van der Waals surface area contributed by atoms with Gasteiger partial charge in [-0.3, -0.25) is 0 Å². The standard InChI is InChI=1S/C13H14O2/c1-4-10(3)11-6-8-12(9-7-11)13(14)15-5-2/h6-9H,1,5H2,2-3H3. The van der Waals surface area contributed by atoms with Gasteiger partial charge in [0.2, 0.25) is 0 Å². The lowest BCUT2D eigenvalue weighted by molar-refractivity contribution is 0.0526. The van der Waals surface area contributed by atoms with Gasteiger partial charge in [-0.1, -0.05) is 18.7 Å². The van der Waals surface area contributed by atoms with Gasteiger partial charge < -0.3 is 4.74 Å². The Kier molecular flexibility index (Phi) is 3.90.